The fraction of sp³-hybridized carbons (Fsp3) is 0.182. The second-order valence-electron chi connectivity index (χ2n) is 3.88. The monoisotopic (exact) mass is 381 g/mol. The minimum atomic E-state index is -4.54. The lowest BCUT2D eigenvalue weighted by Gasteiger charge is -2.09. The van der Waals surface area contributed by atoms with Crippen LogP contribution < -0.4 is 5.32 Å². The van der Waals surface area contributed by atoms with E-state index in [1.807, 2.05) is 0 Å². The number of benzene rings is 1. The van der Waals surface area contributed by atoms with E-state index >= 15 is 0 Å². The first kappa shape index (κ1) is 15.8. The summed E-state index contributed by atoms with van der Waals surface area (Å²) in [5.41, 5.74) is -1.07. The summed E-state index contributed by atoms with van der Waals surface area (Å²) in [6, 6.07) is 1.52. The predicted molar refractivity (Wildman–Crippen MR) is 76.4 cm³/mol. The molecule has 0 aliphatic carbocycles. The Bertz CT molecular complexity index is 646. The predicted octanol–water partition coefficient (Wildman–Crippen LogP) is 2.73. The van der Waals surface area contributed by atoms with Crippen molar-refractivity contribution in [2.24, 2.45) is 10.2 Å². The van der Waals surface area contributed by atoms with Gasteiger partial charge >= 0.3 is 6.18 Å². The van der Waals surface area contributed by atoms with Crippen LogP contribution in [0.3, 0.4) is 0 Å². The fourth-order valence-electron chi connectivity index (χ4n) is 1.41. The van der Waals surface area contributed by atoms with Crippen LogP contribution in [0.15, 0.2) is 26.8 Å². The molecule has 1 aromatic carbocycles. The van der Waals surface area contributed by atoms with Crippen molar-refractivity contribution in [3.63, 3.8) is 0 Å². The van der Waals surface area contributed by atoms with E-state index in [0.717, 1.165) is 30.1 Å². The van der Waals surface area contributed by atoms with Crippen LogP contribution in [0.4, 0.5) is 13.2 Å². The highest BCUT2D eigenvalue weighted by Gasteiger charge is 2.31. The second-order valence-corrected chi connectivity index (χ2v) is 5.70. The summed E-state index contributed by atoms with van der Waals surface area (Å²) in [5, 5.41) is 19.6. The van der Waals surface area contributed by atoms with E-state index in [1.165, 1.54) is 0 Å². The Hall–Kier alpha value is -1.55. The number of phenols is 1. The number of hydrogen-bond acceptors (Lipinski definition) is 5. The van der Waals surface area contributed by atoms with E-state index in [0.29, 0.717) is 0 Å². The van der Waals surface area contributed by atoms with Gasteiger partial charge in [0, 0.05) is 5.56 Å². The SMILES string of the molecule is O=C1CSC(=NN=Cc2cc(C(F)(F)F)cc(Br)c2O)N1. The molecular weight excluding hydrogens is 375 g/mol. The summed E-state index contributed by atoms with van der Waals surface area (Å²) in [4.78, 5) is 10.9. The Morgan fingerprint density at radius 1 is 1.43 bits per heavy atom. The third kappa shape index (κ3) is 3.97. The first-order chi connectivity index (χ1) is 9.77. The number of rotatable bonds is 2. The molecule has 2 N–H and O–H groups in total. The fourth-order valence-corrected chi connectivity index (χ4v) is 2.51. The van der Waals surface area contributed by atoms with Crippen molar-refractivity contribution in [3.8, 4) is 5.75 Å². The van der Waals surface area contributed by atoms with Crippen LogP contribution in [0.5, 0.6) is 5.75 Å². The number of carbonyl (C=O) groups excluding carboxylic acids is 1. The number of hydrogen-bond donors (Lipinski definition) is 2. The highest BCUT2D eigenvalue weighted by atomic mass is 79.9. The highest BCUT2D eigenvalue weighted by Crippen LogP contribution is 2.36. The van der Waals surface area contributed by atoms with Crippen LogP contribution >= 0.6 is 27.7 Å². The van der Waals surface area contributed by atoms with Gasteiger partial charge in [-0.2, -0.15) is 18.3 Å². The zero-order valence-electron chi connectivity index (χ0n) is 10.1. The minimum Gasteiger partial charge on any atom is -0.506 e. The highest BCUT2D eigenvalue weighted by molar-refractivity contribution is 9.10. The van der Waals surface area contributed by atoms with Crippen LogP contribution in [-0.2, 0) is 11.0 Å². The summed E-state index contributed by atoms with van der Waals surface area (Å²) in [6.07, 6.45) is -3.56. The third-order valence-corrected chi connectivity index (χ3v) is 3.82. The standard InChI is InChI=1S/C11H7BrF3N3O2S/c12-7-2-6(11(13,14)15)1-5(9(7)20)3-16-18-10-17-8(19)4-21-10/h1-3,20H,4H2,(H,17,18,19). The number of nitrogens with one attached hydrogen (secondary N) is 1. The molecule has 1 aliphatic rings. The molecule has 0 atom stereocenters. The normalized spacial score (nSPS) is 17.7. The number of alkyl halides is 3. The lowest BCUT2D eigenvalue weighted by Crippen LogP contribution is -2.19. The number of amidine groups is 1. The van der Waals surface area contributed by atoms with Gasteiger partial charge in [-0.15, -0.1) is 5.10 Å². The van der Waals surface area contributed by atoms with Crippen molar-refractivity contribution < 1.29 is 23.1 Å². The molecule has 112 valence electrons. The first-order valence-electron chi connectivity index (χ1n) is 5.41. The van der Waals surface area contributed by atoms with Crippen molar-refractivity contribution in [3.05, 3.63) is 27.7 Å². The van der Waals surface area contributed by atoms with E-state index in [9.17, 15) is 23.1 Å². The van der Waals surface area contributed by atoms with Crippen LogP contribution in [-0.4, -0.2) is 28.1 Å². The van der Waals surface area contributed by atoms with Gasteiger partial charge in [-0.05, 0) is 28.1 Å². The average Bonchev–Trinajstić information content (AvgIpc) is 2.79. The second kappa shape index (κ2) is 6.06. The van der Waals surface area contributed by atoms with Crippen molar-refractivity contribution in [1.82, 2.24) is 5.32 Å². The molecule has 1 heterocycles. The van der Waals surface area contributed by atoms with Gasteiger partial charge in [-0.1, -0.05) is 11.8 Å². The molecule has 0 aromatic heterocycles. The Morgan fingerprint density at radius 2 is 2.14 bits per heavy atom. The van der Waals surface area contributed by atoms with Crippen LogP contribution in [0, 0.1) is 0 Å². The summed E-state index contributed by atoms with van der Waals surface area (Å²) in [5.74, 6) is -0.386. The van der Waals surface area contributed by atoms with Gasteiger partial charge in [0.1, 0.15) is 5.75 Å². The molecule has 1 fully saturated rings. The Kier molecular flexibility index (Phi) is 4.57. The van der Waals surface area contributed by atoms with Gasteiger partial charge in [0.05, 0.1) is 22.0 Å². The maximum atomic E-state index is 12.7. The lowest BCUT2D eigenvalue weighted by molar-refractivity contribution is -0.137. The van der Waals surface area contributed by atoms with E-state index in [1.54, 1.807) is 0 Å². The molecule has 2 rings (SSSR count). The van der Waals surface area contributed by atoms with Gasteiger partial charge in [-0.3, -0.25) is 4.79 Å². The van der Waals surface area contributed by atoms with Crippen LogP contribution in [0.1, 0.15) is 11.1 Å². The van der Waals surface area contributed by atoms with Gasteiger partial charge in [0.25, 0.3) is 0 Å². The van der Waals surface area contributed by atoms with Crippen molar-refractivity contribution in [2.45, 2.75) is 6.18 Å². The Balaban J connectivity index is 2.27. The number of amides is 1. The van der Waals surface area contributed by atoms with Crippen LogP contribution in [0.25, 0.3) is 0 Å². The number of phenolic OH excluding ortho intramolecular Hbond substituents is 1. The molecule has 10 heteroatoms. The minimum absolute atomic E-state index is 0.102. The maximum Gasteiger partial charge on any atom is 0.416 e. The Morgan fingerprint density at radius 3 is 2.71 bits per heavy atom. The van der Waals surface area contributed by atoms with Gasteiger partial charge < -0.3 is 10.4 Å². The van der Waals surface area contributed by atoms with Crippen LogP contribution in [0.2, 0.25) is 0 Å². The molecule has 1 aromatic rings. The molecule has 0 unspecified atom stereocenters. The molecule has 21 heavy (non-hydrogen) atoms. The Labute approximate surface area is 129 Å². The molecule has 1 saturated heterocycles. The van der Waals surface area contributed by atoms with Gasteiger partial charge in [-0.25, -0.2) is 0 Å². The number of aromatic hydroxyl groups is 1. The van der Waals surface area contributed by atoms with Gasteiger partial charge in [0.15, 0.2) is 5.17 Å². The summed E-state index contributed by atoms with van der Waals surface area (Å²) in [6.45, 7) is 0. The molecule has 5 nitrogen and oxygen atoms in total. The number of thioether (sulfide) groups is 1. The smallest absolute Gasteiger partial charge is 0.416 e. The zero-order chi connectivity index (χ0) is 15.6. The lowest BCUT2D eigenvalue weighted by atomic mass is 10.1. The molecule has 0 saturated carbocycles. The quantitative estimate of drug-likeness (QED) is 0.610. The number of carbonyl (C=O) groups is 1. The van der Waals surface area contributed by atoms with E-state index < -0.39 is 11.7 Å². The summed E-state index contributed by atoms with van der Waals surface area (Å²) < 4.78 is 37.9. The van der Waals surface area contributed by atoms with Crippen molar-refractivity contribution in [2.75, 3.05) is 5.75 Å². The van der Waals surface area contributed by atoms with E-state index in [4.69, 9.17) is 0 Å². The molecule has 1 amide bonds. The zero-order valence-corrected chi connectivity index (χ0v) is 12.5. The third-order valence-electron chi connectivity index (χ3n) is 2.35. The molecule has 0 radical (unpaired) electrons. The molecular formula is C11H7BrF3N3O2S. The van der Waals surface area contributed by atoms with Crippen molar-refractivity contribution in [1.29, 1.82) is 0 Å². The molecule has 1 aliphatic heterocycles. The first-order valence-corrected chi connectivity index (χ1v) is 7.18. The summed E-state index contributed by atoms with van der Waals surface area (Å²) >= 11 is 3.97. The van der Waals surface area contributed by atoms with E-state index in [-0.39, 0.29) is 32.6 Å². The van der Waals surface area contributed by atoms with E-state index in [2.05, 4.69) is 31.4 Å². The number of halogens is 4. The molecule has 0 spiro atoms. The maximum absolute atomic E-state index is 12.7. The number of nitrogens with zero attached hydrogens (tertiary/aromatic N) is 2. The average molecular weight is 382 g/mol. The summed E-state index contributed by atoms with van der Waals surface area (Å²) in [7, 11) is 0. The topological polar surface area (TPSA) is 74.0 Å². The van der Waals surface area contributed by atoms with Crippen molar-refractivity contribution >= 4 is 45.0 Å². The molecule has 0 bridgehead atoms. The largest absolute Gasteiger partial charge is 0.506 e. The van der Waals surface area contributed by atoms with Gasteiger partial charge in [0.2, 0.25) is 5.91 Å².